The summed E-state index contributed by atoms with van der Waals surface area (Å²) in [5.41, 5.74) is 0.733. The number of ether oxygens (including phenoxy) is 1. The monoisotopic (exact) mass is 286 g/mol. The lowest BCUT2D eigenvalue weighted by atomic mass is 9.98. The van der Waals surface area contributed by atoms with Crippen LogP contribution >= 0.6 is 11.6 Å². The first kappa shape index (κ1) is 14.8. The largest absolute Gasteiger partial charge is 0.387 e. The van der Waals surface area contributed by atoms with E-state index in [0.717, 1.165) is 24.5 Å². The first-order valence-corrected chi connectivity index (χ1v) is 7.48. The van der Waals surface area contributed by atoms with Gasteiger partial charge in [-0.1, -0.05) is 37.3 Å². The Morgan fingerprint density at radius 3 is 2.95 bits per heavy atom. The highest BCUT2D eigenvalue weighted by atomic mass is 35.5. The molecule has 0 bridgehead atoms. The topological polar surface area (TPSA) is 47.3 Å². The number of methoxy groups -OCH3 is 1. The Balaban J connectivity index is 1.92. The molecule has 0 spiro atoms. The fourth-order valence-corrected chi connectivity index (χ4v) is 3.16. The van der Waals surface area contributed by atoms with Gasteiger partial charge >= 0.3 is 0 Å². The van der Waals surface area contributed by atoms with Crippen LogP contribution in [0.25, 0.3) is 0 Å². The van der Waals surface area contributed by atoms with Crippen molar-refractivity contribution in [3.63, 3.8) is 0 Å². The molecule has 0 radical (unpaired) electrons. The SMILES string of the molecule is COCCn1ncc(Cl)c1C(O)CCC1CCCC1. The highest BCUT2D eigenvalue weighted by molar-refractivity contribution is 6.31. The van der Waals surface area contributed by atoms with Crippen molar-refractivity contribution < 1.29 is 9.84 Å². The molecule has 4 nitrogen and oxygen atoms in total. The van der Waals surface area contributed by atoms with Crippen LogP contribution in [0.4, 0.5) is 0 Å². The zero-order valence-corrected chi connectivity index (χ0v) is 12.3. The van der Waals surface area contributed by atoms with Gasteiger partial charge in [-0.05, 0) is 18.8 Å². The van der Waals surface area contributed by atoms with Crippen LogP contribution in [0.2, 0.25) is 5.02 Å². The second-order valence-electron chi connectivity index (χ2n) is 5.34. The van der Waals surface area contributed by atoms with Gasteiger partial charge in [0.15, 0.2) is 0 Å². The molecule has 1 N–H and O–H groups in total. The molecule has 1 fully saturated rings. The smallest absolute Gasteiger partial charge is 0.0971 e. The zero-order valence-electron chi connectivity index (χ0n) is 11.5. The van der Waals surface area contributed by atoms with Gasteiger partial charge in [-0.2, -0.15) is 5.10 Å². The van der Waals surface area contributed by atoms with E-state index >= 15 is 0 Å². The Labute approximate surface area is 119 Å². The third-order valence-corrected chi connectivity index (χ3v) is 4.27. The van der Waals surface area contributed by atoms with Crippen LogP contribution in [0.15, 0.2) is 6.20 Å². The van der Waals surface area contributed by atoms with Gasteiger partial charge in [-0.15, -0.1) is 0 Å². The fraction of sp³-hybridized carbons (Fsp3) is 0.786. The number of hydrogen-bond donors (Lipinski definition) is 1. The summed E-state index contributed by atoms with van der Waals surface area (Å²) in [4.78, 5) is 0. The van der Waals surface area contributed by atoms with Crippen LogP contribution in [0.1, 0.15) is 50.3 Å². The van der Waals surface area contributed by atoms with Crippen molar-refractivity contribution in [2.75, 3.05) is 13.7 Å². The average molecular weight is 287 g/mol. The van der Waals surface area contributed by atoms with Crippen molar-refractivity contribution >= 4 is 11.6 Å². The average Bonchev–Trinajstić information content (AvgIpc) is 3.03. The van der Waals surface area contributed by atoms with Crippen molar-refractivity contribution in [3.8, 4) is 0 Å². The number of halogens is 1. The van der Waals surface area contributed by atoms with Gasteiger partial charge in [-0.3, -0.25) is 4.68 Å². The number of rotatable bonds is 7. The Morgan fingerprint density at radius 2 is 2.26 bits per heavy atom. The molecule has 0 aliphatic heterocycles. The van der Waals surface area contributed by atoms with Crippen LogP contribution in [0, 0.1) is 5.92 Å². The van der Waals surface area contributed by atoms with Crippen molar-refractivity contribution in [3.05, 3.63) is 16.9 Å². The van der Waals surface area contributed by atoms with Gasteiger partial charge in [0.1, 0.15) is 0 Å². The molecular formula is C14H23ClN2O2. The quantitative estimate of drug-likeness (QED) is 0.837. The number of aromatic nitrogens is 2. The van der Waals surface area contributed by atoms with E-state index in [0.29, 0.717) is 18.2 Å². The molecule has 1 aliphatic carbocycles. The Kier molecular flexibility index (Phi) is 5.67. The second-order valence-corrected chi connectivity index (χ2v) is 5.74. The molecule has 2 rings (SSSR count). The van der Waals surface area contributed by atoms with Crippen LogP contribution in [-0.2, 0) is 11.3 Å². The van der Waals surface area contributed by atoms with E-state index in [-0.39, 0.29) is 0 Å². The normalized spacial score (nSPS) is 18.1. The molecule has 1 heterocycles. The van der Waals surface area contributed by atoms with E-state index in [4.69, 9.17) is 16.3 Å². The molecule has 5 heteroatoms. The van der Waals surface area contributed by atoms with Gasteiger partial charge in [0.25, 0.3) is 0 Å². The van der Waals surface area contributed by atoms with Crippen LogP contribution in [-0.4, -0.2) is 28.6 Å². The van der Waals surface area contributed by atoms with Crippen LogP contribution in [0.3, 0.4) is 0 Å². The van der Waals surface area contributed by atoms with E-state index in [1.165, 1.54) is 25.7 Å². The van der Waals surface area contributed by atoms with E-state index in [1.807, 2.05) is 0 Å². The van der Waals surface area contributed by atoms with Gasteiger partial charge in [0.2, 0.25) is 0 Å². The second kappa shape index (κ2) is 7.27. The maximum atomic E-state index is 10.3. The highest BCUT2D eigenvalue weighted by Crippen LogP contribution is 2.33. The van der Waals surface area contributed by atoms with E-state index in [1.54, 1.807) is 18.0 Å². The summed E-state index contributed by atoms with van der Waals surface area (Å²) >= 11 is 6.13. The number of nitrogens with zero attached hydrogens (tertiary/aromatic N) is 2. The number of aliphatic hydroxyl groups excluding tert-OH is 1. The summed E-state index contributed by atoms with van der Waals surface area (Å²) < 4.78 is 6.80. The van der Waals surface area contributed by atoms with E-state index < -0.39 is 6.10 Å². The maximum absolute atomic E-state index is 10.3. The lowest BCUT2D eigenvalue weighted by Gasteiger charge is -2.16. The van der Waals surface area contributed by atoms with Gasteiger partial charge < -0.3 is 9.84 Å². The molecule has 1 aromatic heterocycles. The lowest BCUT2D eigenvalue weighted by molar-refractivity contribution is 0.138. The van der Waals surface area contributed by atoms with Gasteiger partial charge in [0, 0.05) is 7.11 Å². The molecule has 1 unspecified atom stereocenters. The predicted molar refractivity (Wildman–Crippen MR) is 75.3 cm³/mol. The third-order valence-electron chi connectivity index (χ3n) is 3.98. The van der Waals surface area contributed by atoms with Crippen molar-refractivity contribution in [2.24, 2.45) is 5.92 Å². The molecule has 1 saturated carbocycles. The van der Waals surface area contributed by atoms with Crippen molar-refractivity contribution in [1.82, 2.24) is 9.78 Å². The zero-order chi connectivity index (χ0) is 13.7. The van der Waals surface area contributed by atoms with E-state index in [9.17, 15) is 5.11 Å². The first-order valence-electron chi connectivity index (χ1n) is 7.10. The third kappa shape index (κ3) is 3.94. The Hall–Kier alpha value is -0.580. The van der Waals surface area contributed by atoms with Crippen LogP contribution < -0.4 is 0 Å². The molecule has 1 aromatic rings. The molecule has 1 aliphatic rings. The van der Waals surface area contributed by atoms with E-state index in [2.05, 4.69) is 5.10 Å². The summed E-state index contributed by atoms with van der Waals surface area (Å²) in [6.07, 6.45) is 8.22. The van der Waals surface area contributed by atoms with Gasteiger partial charge in [-0.25, -0.2) is 0 Å². The number of aliphatic hydroxyl groups is 1. The highest BCUT2D eigenvalue weighted by Gasteiger charge is 2.21. The minimum absolute atomic E-state index is 0.521. The standard InChI is InChI=1S/C14H23ClN2O2/c1-19-9-8-17-14(12(15)10-16-17)13(18)7-6-11-4-2-3-5-11/h10-11,13,18H,2-9H2,1H3. The Bertz CT molecular complexity index is 389. The summed E-state index contributed by atoms with van der Waals surface area (Å²) in [5.74, 6) is 0.781. The summed E-state index contributed by atoms with van der Waals surface area (Å²) in [7, 11) is 1.65. The maximum Gasteiger partial charge on any atom is 0.0971 e. The molecule has 0 amide bonds. The van der Waals surface area contributed by atoms with Gasteiger partial charge in [0.05, 0.1) is 36.2 Å². The lowest BCUT2D eigenvalue weighted by Crippen LogP contribution is -2.13. The molecule has 0 aromatic carbocycles. The predicted octanol–water partition coefficient (Wildman–Crippen LogP) is 3.19. The fourth-order valence-electron chi connectivity index (χ4n) is 2.89. The molecule has 1 atom stereocenters. The minimum Gasteiger partial charge on any atom is -0.387 e. The summed E-state index contributed by atoms with van der Waals surface area (Å²) in [6, 6.07) is 0. The first-order chi connectivity index (χ1) is 9.22. The molecule has 0 saturated heterocycles. The van der Waals surface area contributed by atoms with Crippen molar-refractivity contribution in [2.45, 2.75) is 51.2 Å². The summed E-state index contributed by atoms with van der Waals surface area (Å²) in [6.45, 7) is 1.19. The molecule has 108 valence electrons. The van der Waals surface area contributed by atoms with Crippen LogP contribution in [0.5, 0.6) is 0 Å². The number of hydrogen-bond acceptors (Lipinski definition) is 3. The summed E-state index contributed by atoms with van der Waals surface area (Å²) in [5, 5.41) is 15.1. The van der Waals surface area contributed by atoms with Crippen molar-refractivity contribution in [1.29, 1.82) is 0 Å². The minimum atomic E-state index is -0.521. The molecular weight excluding hydrogens is 264 g/mol. The Morgan fingerprint density at radius 1 is 1.53 bits per heavy atom. The molecule has 19 heavy (non-hydrogen) atoms.